The predicted octanol–water partition coefficient (Wildman–Crippen LogP) is 3.38. The third kappa shape index (κ3) is 4.52. The first kappa shape index (κ1) is 14.8. The second-order valence-electron chi connectivity index (χ2n) is 4.24. The van der Waals surface area contributed by atoms with Crippen LogP contribution in [-0.2, 0) is 6.18 Å². The Morgan fingerprint density at radius 1 is 1.33 bits per heavy atom. The number of rotatable bonds is 5. The lowest BCUT2D eigenvalue weighted by Gasteiger charge is -2.11. The highest BCUT2D eigenvalue weighted by molar-refractivity contribution is 5.46. The monoisotopic (exact) mass is 264 g/mol. The summed E-state index contributed by atoms with van der Waals surface area (Å²) in [5, 5.41) is 2.75. The molecule has 0 saturated heterocycles. The van der Waals surface area contributed by atoms with Gasteiger partial charge < -0.3 is 11.1 Å². The van der Waals surface area contributed by atoms with Crippen molar-refractivity contribution in [3.05, 3.63) is 29.6 Å². The molecule has 1 atom stereocenters. The Morgan fingerprint density at radius 2 is 2.00 bits per heavy atom. The van der Waals surface area contributed by atoms with E-state index in [1.54, 1.807) is 0 Å². The van der Waals surface area contributed by atoms with Gasteiger partial charge in [-0.05, 0) is 38.0 Å². The molecule has 0 aliphatic carbocycles. The maximum atomic E-state index is 13.4. The summed E-state index contributed by atoms with van der Waals surface area (Å²) in [5.41, 5.74) is 4.63. The molecule has 1 aromatic carbocycles. The number of benzene rings is 1. The highest BCUT2D eigenvalue weighted by Crippen LogP contribution is 2.31. The fourth-order valence-electron chi connectivity index (χ4n) is 1.48. The van der Waals surface area contributed by atoms with E-state index in [9.17, 15) is 17.6 Å². The van der Waals surface area contributed by atoms with Gasteiger partial charge >= 0.3 is 6.18 Å². The van der Waals surface area contributed by atoms with Crippen LogP contribution >= 0.6 is 0 Å². The quantitative estimate of drug-likeness (QED) is 0.632. The molecular weight excluding hydrogens is 248 g/mol. The molecule has 0 aliphatic rings. The smallest absolute Gasteiger partial charge is 0.383 e. The fraction of sp³-hybridized carbons (Fsp3) is 0.500. The second-order valence-corrected chi connectivity index (χ2v) is 4.24. The fourth-order valence-corrected chi connectivity index (χ4v) is 1.48. The van der Waals surface area contributed by atoms with Crippen LogP contribution in [0.1, 0.15) is 25.3 Å². The molecule has 18 heavy (non-hydrogen) atoms. The molecule has 0 spiro atoms. The molecule has 0 radical (unpaired) electrons. The molecule has 0 fully saturated rings. The average molecular weight is 264 g/mol. The first-order valence-corrected chi connectivity index (χ1v) is 5.67. The molecule has 6 heteroatoms. The standard InChI is InChI=1S/C12H16F4N2/c1-8(17)3-2-6-18-11-5-4-9(7-10(11)13)12(14,15)16/h4-5,7-8,18H,2-3,6,17H2,1H3. The van der Waals surface area contributed by atoms with Gasteiger partial charge in [-0.2, -0.15) is 13.2 Å². The van der Waals surface area contributed by atoms with Gasteiger partial charge in [-0.25, -0.2) is 4.39 Å². The Kier molecular flexibility index (Phi) is 4.95. The summed E-state index contributed by atoms with van der Waals surface area (Å²) in [6.45, 7) is 2.34. The van der Waals surface area contributed by atoms with Crippen LogP contribution in [0.4, 0.5) is 23.2 Å². The van der Waals surface area contributed by atoms with Crippen molar-refractivity contribution in [3.8, 4) is 0 Å². The van der Waals surface area contributed by atoms with Crippen molar-refractivity contribution in [2.24, 2.45) is 5.73 Å². The van der Waals surface area contributed by atoms with Gasteiger partial charge in [0, 0.05) is 12.6 Å². The van der Waals surface area contributed by atoms with Crippen LogP contribution in [0, 0.1) is 5.82 Å². The SMILES string of the molecule is CC(N)CCCNc1ccc(C(F)(F)F)cc1F. The van der Waals surface area contributed by atoms with Gasteiger partial charge in [-0.15, -0.1) is 0 Å². The Morgan fingerprint density at radius 3 is 2.50 bits per heavy atom. The number of hydrogen-bond donors (Lipinski definition) is 2. The summed E-state index contributed by atoms with van der Waals surface area (Å²) in [4.78, 5) is 0. The maximum Gasteiger partial charge on any atom is 0.416 e. The summed E-state index contributed by atoms with van der Waals surface area (Å²) in [6.07, 6.45) is -3.01. The summed E-state index contributed by atoms with van der Waals surface area (Å²) >= 11 is 0. The van der Waals surface area contributed by atoms with Gasteiger partial charge in [0.15, 0.2) is 0 Å². The minimum atomic E-state index is -4.52. The van der Waals surface area contributed by atoms with Gasteiger partial charge in [0.1, 0.15) is 5.82 Å². The van der Waals surface area contributed by atoms with E-state index in [1.165, 1.54) is 0 Å². The van der Waals surface area contributed by atoms with Crippen LogP contribution < -0.4 is 11.1 Å². The summed E-state index contributed by atoms with van der Waals surface area (Å²) in [7, 11) is 0. The normalized spacial score (nSPS) is 13.4. The van der Waals surface area contributed by atoms with E-state index in [-0.39, 0.29) is 11.7 Å². The van der Waals surface area contributed by atoms with Crippen LogP contribution in [0.3, 0.4) is 0 Å². The highest BCUT2D eigenvalue weighted by atomic mass is 19.4. The van der Waals surface area contributed by atoms with Crippen LogP contribution in [0.15, 0.2) is 18.2 Å². The lowest BCUT2D eigenvalue weighted by Crippen LogP contribution is -2.16. The highest BCUT2D eigenvalue weighted by Gasteiger charge is 2.31. The molecule has 2 nitrogen and oxygen atoms in total. The molecule has 1 unspecified atom stereocenters. The van der Waals surface area contributed by atoms with Crippen molar-refractivity contribution in [3.63, 3.8) is 0 Å². The summed E-state index contributed by atoms with van der Waals surface area (Å²) in [6, 6.07) is 2.51. The van der Waals surface area contributed by atoms with E-state index >= 15 is 0 Å². The number of nitrogens with two attached hydrogens (primary N) is 1. The minimum absolute atomic E-state index is 0.0595. The average Bonchev–Trinajstić information content (AvgIpc) is 2.24. The lowest BCUT2D eigenvalue weighted by molar-refractivity contribution is -0.137. The zero-order valence-corrected chi connectivity index (χ0v) is 10.0. The molecule has 0 aliphatic heterocycles. The third-order valence-electron chi connectivity index (χ3n) is 2.45. The van der Waals surface area contributed by atoms with E-state index in [1.807, 2.05) is 6.92 Å². The maximum absolute atomic E-state index is 13.4. The zero-order valence-electron chi connectivity index (χ0n) is 10.0. The van der Waals surface area contributed by atoms with Crippen molar-refractivity contribution < 1.29 is 17.6 Å². The van der Waals surface area contributed by atoms with Crippen LogP contribution in [0.5, 0.6) is 0 Å². The van der Waals surface area contributed by atoms with E-state index in [0.29, 0.717) is 12.6 Å². The number of hydrogen-bond acceptors (Lipinski definition) is 2. The van der Waals surface area contributed by atoms with Crippen molar-refractivity contribution in [1.29, 1.82) is 0 Å². The lowest BCUT2D eigenvalue weighted by atomic mass is 10.1. The molecule has 102 valence electrons. The third-order valence-corrected chi connectivity index (χ3v) is 2.45. The van der Waals surface area contributed by atoms with Crippen LogP contribution in [0.2, 0.25) is 0 Å². The predicted molar refractivity (Wildman–Crippen MR) is 62.8 cm³/mol. The molecule has 1 rings (SSSR count). The van der Waals surface area contributed by atoms with Gasteiger partial charge in [0.05, 0.1) is 11.3 Å². The second kappa shape index (κ2) is 6.04. The molecule has 3 N–H and O–H groups in total. The van der Waals surface area contributed by atoms with Crippen molar-refractivity contribution in [2.75, 3.05) is 11.9 Å². The number of anilines is 1. The van der Waals surface area contributed by atoms with Crippen molar-refractivity contribution in [1.82, 2.24) is 0 Å². The van der Waals surface area contributed by atoms with Crippen molar-refractivity contribution >= 4 is 5.69 Å². The molecule has 0 heterocycles. The molecular formula is C12H16F4N2. The van der Waals surface area contributed by atoms with Gasteiger partial charge in [0.2, 0.25) is 0 Å². The molecule has 0 bridgehead atoms. The Labute approximate surface area is 103 Å². The minimum Gasteiger partial charge on any atom is -0.383 e. The molecule has 1 aromatic rings. The first-order valence-electron chi connectivity index (χ1n) is 5.67. The van der Waals surface area contributed by atoms with E-state index in [2.05, 4.69) is 5.32 Å². The topological polar surface area (TPSA) is 38.0 Å². The van der Waals surface area contributed by atoms with Gasteiger partial charge in [-0.1, -0.05) is 0 Å². The summed E-state index contributed by atoms with van der Waals surface area (Å²) < 4.78 is 50.3. The molecule has 0 aromatic heterocycles. The largest absolute Gasteiger partial charge is 0.416 e. The number of halogens is 4. The molecule has 0 amide bonds. The van der Waals surface area contributed by atoms with Gasteiger partial charge in [-0.3, -0.25) is 0 Å². The van der Waals surface area contributed by atoms with Crippen molar-refractivity contribution in [2.45, 2.75) is 32.0 Å². The van der Waals surface area contributed by atoms with E-state index in [4.69, 9.17) is 5.73 Å². The zero-order chi connectivity index (χ0) is 13.8. The van der Waals surface area contributed by atoms with E-state index < -0.39 is 17.6 Å². The number of nitrogens with one attached hydrogen (secondary N) is 1. The van der Waals surface area contributed by atoms with Crippen LogP contribution in [-0.4, -0.2) is 12.6 Å². The Hall–Kier alpha value is -1.30. The first-order chi connectivity index (χ1) is 8.30. The number of alkyl halides is 3. The van der Waals surface area contributed by atoms with Gasteiger partial charge in [0.25, 0.3) is 0 Å². The van der Waals surface area contributed by atoms with Crippen LogP contribution in [0.25, 0.3) is 0 Å². The summed E-state index contributed by atoms with van der Waals surface area (Å²) in [5.74, 6) is -0.898. The molecule has 0 saturated carbocycles. The van der Waals surface area contributed by atoms with E-state index in [0.717, 1.165) is 25.0 Å². The Balaban J connectivity index is 2.58. The Bertz CT molecular complexity index is 388.